The zero-order valence-corrected chi connectivity index (χ0v) is 7.91. The van der Waals surface area contributed by atoms with Crippen LogP contribution in [0.15, 0.2) is 29.3 Å². The van der Waals surface area contributed by atoms with Crippen LogP contribution in [-0.4, -0.2) is 12.7 Å². The van der Waals surface area contributed by atoms with E-state index in [1.807, 2.05) is 24.3 Å². The molecule has 2 aliphatic rings. The number of nitrogens with zero attached hydrogens (tertiary/aromatic N) is 1. The third kappa shape index (κ3) is 1.03. The Kier molecular flexibility index (Phi) is 1.69. The van der Waals surface area contributed by atoms with E-state index in [0.717, 1.165) is 29.1 Å². The number of para-hydroxylation sites is 1. The van der Waals surface area contributed by atoms with E-state index in [1.165, 1.54) is 0 Å². The molecule has 1 nitrogen and oxygen atoms in total. The summed E-state index contributed by atoms with van der Waals surface area (Å²) in [5.74, 6) is 0.375. The molecule has 0 bridgehead atoms. The van der Waals surface area contributed by atoms with Crippen molar-refractivity contribution in [3.8, 4) is 0 Å². The van der Waals surface area contributed by atoms with Gasteiger partial charge in [0.2, 0.25) is 0 Å². The van der Waals surface area contributed by atoms with Gasteiger partial charge in [-0.2, -0.15) is 0 Å². The maximum absolute atomic E-state index is 13.7. The van der Waals surface area contributed by atoms with Gasteiger partial charge in [0.1, 0.15) is 6.17 Å². The van der Waals surface area contributed by atoms with Gasteiger partial charge in [0.25, 0.3) is 0 Å². The molecular formula is C12H12FN. The van der Waals surface area contributed by atoms with Crippen LogP contribution in [0, 0.1) is 5.92 Å². The summed E-state index contributed by atoms with van der Waals surface area (Å²) in [6.45, 7) is 0.784. The van der Waals surface area contributed by atoms with Crippen LogP contribution >= 0.6 is 0 Å². The van der Waals surface area contributed by atoms with Crippen molar-refractivity contribution in [1.29, 1.82) is 0 Å². The highest BCUT2D eigenvalue weighted by Gasteiger charge is 2.32. The highest BCUT2D eigenvalue weighted by Crippen LogP contribution is 2.34. The third-order valence-electron chi connectivity index (χ3n) is 3.24. The average molecular weight is 189 g/mol. The van der Waals surface area contributed by atoms with E-state index < -0.39 is 6.17 Å². The Morgan fingerprint density at radius 2 is 2.07 bits per heavy atom. The Balaban J connectivity index is 2.37. The number of alkyl halides is 1. The maximum atomic E-state index is 13.7. The molecule has 0 spiro atoms. The van der Waals surface area contributed by atoms with Crippen LogP contribution in [0.2, 0.25) is 0 Å². The zero-order valence-electron chi connectivity index (χ0n) is 7.91. The lowest BCUT2D eigenvalue weighted by molar-refractivity contribution is 0.410. The van der Waals surface area contributed by atoms with Gasteiger partial charge < -0.3 is 0 Å². The normalized spacial score (nSPS) is 29.4. The Bertz CT molecular complexity index is 477. The molecule has 0 saturated heterocycles. The second-order valence-electron chi connectivity index (χ2n) is 4.05. The number of halogens is 1. The minimum Gasteiger partial charge on any atom is -0.284 e. The lowest BCUT2D eigenvalue weighted by Crippen LogP contribution is -2.34. The summed E-state index contributed by atoms with van der Waals surface area (Å²) in [5.41, 5.74) is 1.01. The minimum absolute atomic E-state index is 0.375. The SMILES string of the molecule is FC1CCC2CN=c3ccccc3=C12. The van der Waals surface area contributed by atoms with E-state index in [0.29, 0.717) is 12.3 Å². The maximum Gasteiger partial charge on any atom is 0.122 e. The Hall–Kier alpha value is -1.18. The molecule has 1 heterocycles. The van der Waals surface area contributed by atoms with Gasteiger partial charge in [0.05, 0.1) is 5.36 Å². The molecule has 1 aliphatic heterocycles. The number of hydrogen-bond acceptors (Lipinski definition) is 1. The number of rotatable bonds is 0. The fraction of sp³-hybridized carbons (Fsp3) is 0.417. The molecule has 1 aromatic rings. The van der Waals surface area contributed by atoms with Gasteiger partial charge in [-0.05, 0) is 24.5 Å². The van der Waals surface area contributed by atoms with Gasteiger partial charge in [-0.25, -0.2) is 4.39 Å². The fourth-order valence-corrected chi connectivity index (χ4v) is 2.56. The van der Waals surface area contributed by atoms with Crippen molar-refractivity contribution in [1.82, 2.24) is 0 Å². The van der Waals surface area contributed by atoms with Crippen molar-refractivity contribution in [2.75, 3.05) is 6.54 Å². The van der Waals surface area contributed by atoms with Gasteiger partial charge in [0.15, 0.2) is 0 Å². The van der Waals surface area contributed by atoms with Crippen molar-refractivity contribution in [3.05, 3.63) is 34.8 Å². The predicted molar refractivity (Wildman–Crippen MR) is 53.1 cm³/mol. The second kappa shape index (κ2) is 2.91. The van der Waals surface area contributed by atoms with Gasteiger partial charge in [-0.1, -0.05) is 18.2 Å². The van der Waals surface area contributed by atoms with Crippen molar-refractivity contribution in [2.24, 2.45) is 10.9 Å². The molecule has 0 N–H and O–H groups in total. The molecular weight excluding hydrogens is 177 g/mol. The molecule has 1 aromatic carbocycles. The van der Waals surface area contributed by atoms with Gasteiger partial charge in [0, 0.05) is 17.7 Å². The van der Waals surface area contributed by atoms with Gasteiger partial charge >= 0.3 is 0 Å². The molecule has 0 aromatic heterocycles. The first-order valence-corrected chi connectivity index (χ1v) is 5.14. The quantitative estimate of drug-likeness (QED) is 0.582. The van der Waals surface area contributed by atoms with E-state index in [9.17, 15) is 4.39 Å². The summed E-state index contributed by atoms with van der Waals surface area (Å²) in [6, 6.07) is 7.90. The molecule has 0 amide bonds. The van der Waals surface area contributed by atoms with Crippen molar-refractivity contribution in [3.63, 3.8) is 0 Å². The summed E-state index contributed by atoms with van der Waals surface area (Å²) in [5, 5.41) is 2.03. The highest BCUT2D eigenvalue weighted by atomic mass is 19.1. The smallest absolute Gasteiger partial charge is 0.122 e. The van der Waals surface area contributed by atoms with Crippen LogP contribution in [-0.2, 0) is 0 Å². The molecule has 2 unspecified atom stereocenters. The molecule has 3 rings (SSSR count). The Morgan fingerprint density at radius 1 is 1.21 bits per heavy atom. The first-order valence-electron chi connectivity index (χ1n) is 5.14. The monoisotopic (exact) mass is 189 g/mol. The van der Waals surface area contributed by atoms with Crippen LogP contribution in [0.1, 0.15) is 12.8 Å². The predicted octanol–water partition coefficient (Wildman–Crippen LogP) is 1.22. The highest BCUT2D eigenvalue weighted by molar-refractivity contribution is 5.55. The number of benzene rings is 1. The minimum atomic E-state index is -0.725. The zero-order chi connectivity index (χ0) is 9.54. The first-order chi connectivity index (χ1) is 6.86. The first kappa shape index (κ1) is 8.16. The third-order valence-corrected chi connectivity index (χ3v) is 3.24. The van der Waals surface area contributed by atoms with Crippen molar-refractivity contribution in [2.45, 2.75) is 19.0 Å². The molecule has 14 heavy (non-hydrogen) atoms. The van der Waals surface area contributed by atoms with Crippen LogP contribution in [0.4, 0.5) is 4.39 Å². The topological polar surface area (TPSA) is 12.4 Å². The lowest BCUT2D eigenvalue weighted by Gasteiger charge is -2.14. The average Bonchev–Trinajstić information content (AvgIpc) is 2.61. The van der Waals surface area contributed by atoms with Crippen LogP contribution in [0.5, 0.6) is 0 Å². The van der Waals surface area contributed by atoms with E-state index in [1.54, 1.807) is 0 Å². The summed E-state index contributed by atoms with van der Waals surface area (Å²) in [6.07, 6.45) is 0.926. The standard InChI is InChI=1S/C12H12FN/c13-10-6-5-8-7-14-11-4-2-1-3-9(11)12(8)10/h1-4,8,10H,5-7H2. The molecule has 1 aliphatic carbocycles. The van der Waals surface area contributed by atoms with Crippen LogP contribution < -0.4 is 10.6 Å². The molecule has 2 atom stereocenters. The Labute approximate surface area is 82.0 Å². The van der Waals surface area contributed by atoms with E-state index >= 15 is 0 Å². The molecule has 1 fully saturated rings. The largest absolute Gasteiger partial charge is 0.284 e. The Morgan fingerprint density at radius 3 is 3.00 bits per heavy atom. The summed E-state index contributed by atoms with van der Waals surface area (Å²) in [7, 11) is 0. The van der Waals surface area contributed by atoms with Crippen LogP contribution in [0.25, 0.3) is 5.57 Å². The molecule has 0 radical (unpaired) electrons. The lowest BCUT2D eigenvalue weighted by atomic mass is 9.97. The summed E-state index contributed by atoms with van der Waals surface area (Å²) < 4.78 is 13.7. The van der Waals surface area contributed by atoms with Crippen LogP contribution in [0.3, 0.4) is 0 Å². The number of fused-ring (bicyclic) bond motifs is 2. The van der Waals surface area contributed by atoms with Crippen molar-refractivity contribution >= 4 is 5.57 Å². The van der Waals surface area contributed by atoms with E-state index in [4.69, 9.17) is 0 Å². The number of hydrogen-bond donors (Lipinski definition) is 0. The molecule has 2 heteroatoms. The van der Waals surface area contributed by atoms with Gasteiger partial charge in [-0.15, -0.1) is 0 Å². The van der Waals surface area contributed by atoms with Gasteiger partial charge in [-0.3, -0.25) is 4.99 Å². The molecule has 72 valence electrons. The fourth-order valence-electron chi connectivity index (χ4n) is 2.56. The molecule has 1 saturated carbocycles. The van der Waals surface area contributed by atoms with Crippen molar-refractivity contribution < 1.29 is 4.39 Å². The second-order valence-corrected chi connectivity index (χ2v) is 4.05. The van der Waals surface area contributed by atoms with E-state index in [2.05, 4.69) is 4.99 Å². The van der Waals surface area contributed by atoms with E-state index in [-0.39, 0.29) is 0 Å². The summed E-state index contributed by atoms with van der Waals surface area (Å²) in [4.78, 5) is 4.48. The summed E-state index contributed by atoms with van der Waals surface area (Å²) >= 11 is 0.